The van der Waals surface area contributed by atoms with Gasteiger partial charge in [0.05, 0.1) is 23.3 Å². The number of hydrogen-bond acceptors (Lipinski definition) is 2. The summed E-state index contributed by atoms with van der Waals surface area (Å²) in [6.07, 6.45) is 0. The normalized spacial score (nSPS) is 13.2. The molecule has 28 heavy (non-hydrogen) atoms. The average molecular weight is 385 g/mol. The first-order chi connectivity index (χ1) is 13.6. The number of aromatic nitrogens is 1. The van der Waals surface area contributed by atoms with Gasteiger partial charge >= 0.3 is 0 Å². The lowest BCUT2D eigenvalue weighted by Gasteiger charge is -2.15. The van der Waals surface area contributed by atoms with Crippen molar-refractivity contribution in [3.05, 3.63) is 94.5 Å². The van der Waals surface area contributed by atoms with Gasteiger partial charge in [-0.2, -0.15) is 0 Å². The molecule has 5 rings (SSSR count). The summed E-state index contributed by atoms with van der Waals surface area (Å²) in [4.78, 5) is 20.1. The average Bonchev–Trinajstić information content (AvgIpc) is 3.06. The van der Waals surface area contributed by atoms with Crippen molar-refractivity contribution in [2.24, 2.45) is 0 Å². The number of rotatable bonds is 2. The fourth-order valence-electron chi connectivity index (χ4n) is 3.79. The number of carbonyl (C=O) groups excluding carboxylic acids is 1. The Balaban J connectivity index is 1.73. The van der Waals surface area contributed by atoms with E-state index >= 15 is 0 Å². The lowest BCUT2D eigenvalue weighted by Crippen LogP contribution is -2.22. The molecule has 2 heterocycles. The Morgan fingerprint density at radius 3 is 2.39 bits per heavy atom. The Kier molecular flexibility index (Phi) is 3.92. The summed E-state index contributed by atoms with van der Waals surface area (Å²) in [6, 6.07) is 23.5. The van der Waals surface area contributed by atoms with Gasteiger partial charge in [-0.3, -0.25) is 4.79 Å². The standard InChI is InChI=1S/C24H17ClN2O/c1-15-6-8-16(9-7-15)23-20-14-27(18-12-10-17(25)11-13-18)24(28)22(20)19-4-2-3-5-21(19)26-23/h2-13H,14H2,1H3. The number of pyridine rings is 1. The highest BCUT2D eigenvalue weighted by Gasteiger charge is 2.33. The second-order valence-electron chi connectivity index (χ2n) is 7.06. The van der Waals surface area contributed by atoms with Crippen LogP contribution in [0.5, 0.6) is 0 Å². The van der Waals surface area contributed by atoms with E-state index < -0.39 is 0 Å². The predicted octanol–water partition coefficient (Wildman–Crippen LogP) is 6.02. The molecule has 1 aliphatic rings. The highest BCUT2D eigenvalue weighted by molar-refractivity contribution is 6.30. The first kappa shape index (κ1) is 17.0. The maximum absolute atomic E-state index is 13.4. The lowest BCUT2D eigenvalue weighted by atomic mass is 9.98. The Bertz CT molecular complexity index is 1210. The van der Waals surface area contributed by atoms with E-state index in [9.17, 15) is 4.79 Å². The van der Waals surface area contributed by atoms with Crippen LogP contribution in [0.25, 0.3) is 22.2 Å². The van der Waals surface area contributed by atoms with Crippen LogP contribution in [0.2, 0.25) is 5.02 Å². The summed E-state index contributed by atoms with van der Waals surface area (Å²) in [7, 11) is 0. The van der Waals surface area contributed by atoms with Crippen molar-refractivity contribution in [2.75, 3.05) is 4.90 Å². The molecule has 4 aromatic rings. The van der Waals surface area contributed by atoms with Gasteiger partial charge in [-0.1, -0.05) is 59.6 Å². The number of nitrogens with zero attached hydrogens (tertiary/aromatic N) is 2. The van der Waals surface area contributed by atoms with Crippen LogP contribution in [0.1, 0.15) is 21.5 Å². The van der Waals surface area contributed by atoms with Crippen LogP contribution >= 0.6 is 11.6 Å². The minimum Gasteiger partial charge on any atom is -0.304 e. The smallest absolute Gasteiger partial charge is 0.259 e. The molecule has 1 amide bonds. The summed E-state index contributed by atoms with van der Waals surface area (Å²) in [5.41, 5.74) is 6.49. The Labute approximate surface area is 168 Å². The number of anilines is 1. The van der Waals surface area contributed by atoms with E-state index in [4.69, 9.17) is 16.6 Å². The molecule has 0 fully saturated rings. The topological polar surface area (TPSA) is 33.2 Å². The molecule has 1 aliphatic heterocycles. The summed E-state index contributed by atoms with van der Waals surface area (Å²) in [5.74, 6) is 0.00397. The molecule has 1 aromatic heterocycles. The van der Waals surface area contributed by atoms with Crippen molar-refractivity contribution in [3.63, 3.8) is 0 Å². The van der Waals surface area contributed by atoms with Crippen molar-refractivity contribution >= 4 is 34.1 Å². The summed E-state index contributed by atoms with van der Waals surface area (Å²) in [6.45, 7) is 2.56. The molecule has 0 bridgehead atoms. The summed E-state index contributed by atoms with van der Waals surface area (Å²) < 4.78 is 0. The van der Waals surface area contributed by atoms with Crippen LogP contribution in [-0.4, -0.2) is 10.9 Å². The van der Waals surface area contributed by atoms with Crippen molar-refractivity contribution in [1.29, 1.82) is 0 Å². The van der Waals surface area contributed by atoms with Crippen molar-refractivity contribution in [2.45, 2.75) is 13.5 Å². The van der Waals surface area contributed by atoms with Gasteiger partial charge in [-0.25, -0.2) is 4.98 Å². The molecule has 0 radical (unpaired) electrons. The number of aryl methyl sites for hydroxylation is 1. The molecule has 0 unspecified atom stereocenters. The third-order valence-corrected chi connectivity index (χ3v) is 5.48. The number of para-hydroxylation sites is 1. The predicted molar refractivity (Wildman–Crippen MR) is 114 cm³/mol. The molecule has 136 valence electrons. The minimum absolute atomic E-state index is 0.00397. The molecule has 4 heteroatoms. The summed E-state index contributed by atoms with van der Waals surface area (Å²) >= 11 is 6.03. The van der Waals surface area contributed by atoms with Crippen LogP contribution in [0.15, 0.2) is 72.8 Å². The minimum atomic E-state index is 0.00397. The van der Waals surface area contributed by atoms with E-state index in [2.05, 4.69) is 31.2 Å². The SMILES string of the molecule is Cc1ccc(-c2nc3ccccc3c3c2CN(c2ccc(Cl)cc2)C3=O)cc1. The van der Waals surface area contributed by atoms with Crippen molar-refractivity contribution in [1.82, 2.24) is 4.98 Å². The van der Waals surface area contributed by atoms with Gasteiger partial charge < -0.3 is 4.90 Å². The first-order valence-electron chi connectivity index (χ1n) is 9.18. The molecular weight excluding hydrogens is 368 g/mol. The number of benzene rings is 3. The quantitative estimate of drug-likeness (QED) is 0.423. The second-order valence-corrected chi connectivity index (χ2v) is 7.50. The molecule has 3 aromatic carbocycles. The van der Waals surface area contributed by atoms with Crippen LogP contribution in [0.4, 0.5) is 5.69 Å². The molecule has 3 nitrogen and oxygen atoms in total. The largest absolute Gasteiger partial charge is 0.304 e. The Hall–Kier alpha value is -3.17. The number of halogens is 1. The highest BCUT2D eigenvalue weighted by Crippen LogP contribution is 2.38. The van der Waals surface area contributed by atoms with Crippen LogP contribution in [-0.2, 0) is 6.54 Å². The van der Waals surface area contributed by atoms with Crippen LogP contribution in [0, 0.1) is 6.92 Å². The number of hydrogen-bond donors (Lipinski definition) is 0. The molecule has 0 saturated heterocycles. The number of fused-ring (bicyclic) bond motifs is 3. The summed E-state index contributed by atoms with van der Waals surface area (Å²) in [5, 5.41) is 1.55. The monoisotopic (exact) mass is 384 g/mol. The van der Waals surface area contributed by atoms with Gasteiger partial charge in [0, 0.05) is 27.2 Å². The van der Waals surface area contributed by atoms with Crippen LogP contribution in [0.3, 0.4) is 0 Å². The zero-order valence-electron chi connectivity index (χ0n) is 15.3. The van der Waals surface area contributed by atoms with Crippen molar-refractivity contribution < 1.29 is 4.79 Å². The first-order valence-corrected chi connectivity index (χ1v) is 9.56. The molecule has 0 atom stereocenters. The zero-order valence-corrected chi connectivity index (χ0v) is 16.1. The van der Waals surface area contributed by atoms with Crippen molar-refractivity contribution in [3.8, 4) is 11.3 Å². The molecule has 0 saturated carbocycles. The molecule has 0 N–H and O–H groups in total. The second kappa shape index (κ2) is 6.47. The molecule has 0 spiro atoms. The Morgan fingerprint density at radius 2 is 1.64 bits per heavy atom. The zero-order chi connectivity index (χ0) is 19.3. The maximum atomic E-state index is 13.4. The third kappa shape index (κ3) is 2.67. The van der Waals surface area contributed by atoms with Gasteiger partial charge in [-0.05, 0) is 37.3 Å². The van der Waals surface area contributed by atoms with Gasteiger partial charge in [0.2, 0.25) is 0 Å². The molecule has 0 aliphatic carbocycles. The van der Waals surface area contributed by atoms with Gasteiger partial charge in [0.25, 0.3) is 5.91 Å². The van der Waals surface area contributed by atoms with Crippen LogP contribution < -0.4 is 4.90 Å². The van der Waals surface area contributed by atoms with E-state index in [0.717, 1.165) is 39.0 Å². The van der Waals surface area contributed by atoms with E-state index in [0.29, 0.717) is 11.6 Å². The van der Waals surface area contributed by atoms with Gasteiger partial charge in [-0.15, -0.1) is 0 Å². The maximum Gasteiger partial charge on any atom is 0.259 e. The highest BCUT2D eigenvalue weighted by atomic mass is 35.5. The Morgan fingerprint density at radius 1 is 0.929 bits per heavy atom. The number of carbonyl (C=O) groups is 1. The van der Waals surface area contributed by atoms with E-state index in [1.807, 2.05) is 48.5 Å². The molecular formula is C24H17ClN2O. The fourth-order valence-corrected chi connectivity index (χ4v) is 3.92. The van der Waals surface area contributed by atoms with Gasteiger partial charge in [0.1, 0.15) is 0 Å². The van der Waals surface area contributed by atoms with E-state index in [-0.39, 0.29) is 5.91 Å². The number of amides is 1. The van der Waals surface area contributed by atoms with Gasteiger partial charge in [0.15, 0.2) is 0 Å². The van der Waals surface area contributed by atoms with E-state index in [1.165, 1.54) is 5.56 Å². The lowest BCUT2D eigenvalue weighted by molar-refractivity contribution is 0.0998. The van der Waals surface area contributed by atoms with E-state index in [1.54, 1.807) is 4.90 Å². The third-order valence-electron chi connectivity index (χ3n) is 5.23. The fraction of sp³-hybridized carbons (Fsp3) is 0.0833.